The molecular weight excluding hydrogens is 224 g/mol. The smallest absolute Gasteiger partial charge is 0.323 e. The van der Waals surface area contributed by atoms with Crippen LogP contribution in [0.4, 0.5) is 5.82 Å². The first-order chi connectivity index (χ1) is 8.18. The Labute approximate surface area is 97.7 Å². The Bertz CT molecular complexity index is 465. The topological polar surface area (TPSA) is 87.5 Å². The van der Waals surface area contributed by atoms with E-state index in [-0.39, 0.29) is 12.1 Å². The molecule has 7 heteroatoms. The summed E-state index contributed by atoms with van der Waals surface area (Å²) < 4.78 is 1.16. The molecule has 2 heterocycles. The molecule has 1 aliphatic rings. The number of nitrogens with one attached hydrogen (secondary N) is 1. The number of hydrogen-bond acceptors (Lipinski definition) is 5. The highest BCUT2D eigenvalue weighted by molar-refractivity contribution is 5.66. The van der Waals surface area contributed by atoms with E-state index in [9.17, 15) is 9.59 Å². The molecule has 0 bridgehead atoms. The lowest BCUT2D eigenvalue weighted by Gasteiger charge is -2.27. The summed E-state index contributed by atoms with van der Waals surface area (Å²) in [7, 11) is 0. The summed E-state index contributed by atoms with van der Waals surface area (Å²) in [4.78, 5) is 28.5. The normalized spacial score (nSPS) is 15.9. The highest BCUT2D eigenvalue weighted by Crippen LogP contribution is 2.04. The zero-order valence-electron chi connectivity index (χ0n) is 9.30. The van der Waals surface area contributed by atoms with E-state index in [1.165, 1.54) is 12.4 Å². The van der Waals surface area contributed by atoms with Crippen molar-refractivity contribution >= 4 is 11.8 Å². The third-order valence-corrected chi connectivity index (χ3v) is 2.62. The summed E-state index contributed by atoms with van der Waals surface area (Å²) in [5.74, 6) is -0.709. The van der Waals surface area contributed by atoms with Crippen LogP contribution in [0.25, 0.3) is 0 Å². The number of anilines is 1. The fraction of sp³-hybridized carbons (Fsp3) is 0.500. The fourth-order valence-electron chi connectivity index (χ4n) is 1.80. The number of aliphatic carboxylic acids is 1. The Morgan fingerprint density at radius 1 is 1.47 bits per heavy atom. The molecule has 17 heavy (non-hydrogen) atoms. The van der Waals surface area contributed by atoms with Crippen molar-refractivity contribution in [2.24, 2.45) is 0 Å². The molecule has 0 atom stereocenters. The summed E-state index contributed by atoms with van der Waals surface area (Å²) in [6.45, 7) is 2.68. The van der Waals surface area contributed by atoms with Crippen molar-refractivity contribution in [3.8, 4) is 0 Å². The number of hydrogen-bond donors (Lipinski definition) is 2. The average Bonchev–Trinajstić information content (AvgIpc) is 2.32. The Hall–Kier alpha value is -1.89. The van der Waals surface area contributed by atoms with E-state index in [2.05, 4.69) is 10.3 Å². The molecule has 92 valence electrons. The molecule has 0 saturated carbocycles. The standard InChI is InChI=1S/C10H14N4O3/c15-8(16)7-14-6-3-12-9(10(14)17)13-4-1-11-2-5-13/h3,6,11H,1-2,4-5,7H2,(H,15,16). The number of carboxylic acid groups (broad SMARTS) is 1. The molecule has 7 nitrogen and oxygen atoms in total. The van der Waals surface area contributed by atoms with E-state index >= 15 is 0 Å². The predicted octanol–water partition coefficient (Wildman–Crippen LogP) is -1.26. The largest absolute Gasteiger partial charge is 0.480 e. The zero-order chi connectivity index (χ0) is 12.3. The molecule has 0 unspecified atom stereocenters. The lowest BCUT2D eigenvalue weighted by atomic mass is 10.3. The first-order valence-corrected chi connectivity index (χ1v) is 5.41. The van der Waals surface area contributed by atoms with Crippen molar-refractivity contribution in [3.63, 3.8) is 0 Å². The van der Waals surface area contributed by atoms with Crippen LogP contribution in [-0.2, 0) is 11.3 Å². The van der Waals surface area contributed by atoms with Gasteiger partial charge in [-0.2, -0.15) is 0 Å². The van der Waals surface area contributed by atoms with E-state index < -0.39 is 5.97 Å². The van der Waals surface area contributed by atoms with E-state index in [0.29, 0.717) is 18.9 Å². The summed E-state index contributed by atoms with van der Waals surface area (Å²) in [5.41, 5.74) is -0.350. The van der Waals surface area contributed by atoms with Gasteiger partial charge in [0.05, 0.1) is 0 Å². The zero-order valence-corrected chi connectivity index (χ0v) is 9.30. The Balaban J connectivity index is 2.28. The number of aromatic nitrogens is 2. The van der Waals surface area contributed by atoms with Crippen LogP contribution in [-0.4, -0.2) is 46.8 Å². The van der Waals surface area contributed by atoms with Gasteiger partial charge in [-0.1, -0.05) is 0 Å². The second-order valence-electron chi connectivity index (χ2n) is 3.81. The monoisotopic (exact) mass is 238 g/mol. The Morgan fingerprint density at radius 2 is 2.18 bits per heavy atom. The van der Waals surface area contributed by atoms with Gasteiger partial charge in [-0.3, -0.25) is 14.2 Å². The Morgan fingerprint density at radius 3 is 2.82 bits per heavy atom. The third-order valence-electron chi connectivity index (χ3n) is 2.62. The predicted molar refractivity (Wildman–Crippen MR) is 61.2 cm³/mol. The van der Waals surface area contributed by atoms with Crippen LogP contribution >= 0.6 is 0 Å². The lowest BCUT2D eigenvalue weighted by molar-refractivity contribution is -0.137. The molecule has 0 amide bonds. The van der Waals surface area contributed by atoms with Crippen LogP contribution in [0.2, 0.25) is 0 Å². The molecule has 2 N–H and O–H groups in total. The third kappa shape index (κ3) is 2.62. The first kappa shape index (κ1) is 11.6. The van der Waals surface area contributed by atoms with Gasteiger partial charge in [0.25, 0.3) is 5.56 Å². The molecule has 1 fully saturated rings. The molecule has 0 radical (unpaired) electrons. The number of carboxylic acids is 1. The van der Waals surface area contributed by atoms with Crippen molar-refractivity contribution in [2.75, 3.05) is 31.1 Å². The van der Waals surface area contributed by atoms with Gasteiger partial charge in [0.1, 0.15) is 6.54 Å². The van der Waals surface area contributed by atoms with Crippen LogP contribution in [0, 0.1) is 0 Å². The second-order valence-corrected chi connectivity index (χ2v) is 3.81. The molecular formula is C10H14N4O3. The molecule has 2 rings (SSSR count). The quantitative estimate of drug-likeness (QED) is 0.683. The SMILES string of the molecule is O=C(O)Cn1ccnc(N2CCNCC2)c1=O. The van der Waals surface area contributed by atoms with Gasteiger partial charge in [0.15, 0.2) is 5.82 Å². The van der Waals surface area contributed by atoms with Gasteiger partial charge >= 0.3 is 5.97 Å². The molecule has 1 aromatic rings. The summed E-state index contributed by atoms with van der Waals surface area (Å²) in [6, 6.07) is 0. The van der Waals surface area contributed by atoms with Crippen LogP contribution in [0.5, 0.6) is 0 Å². The van der Waals surface area contributed by atoms with Crippen LogP contribution in [0.3, 0.4) is 0 Å². The van der Waals surface area contributed by atoms with Gasteiger partial charge in [0.2, 0.25) is 0 Å². The molecule has 1 aliphatic heterocycles. The number of piperazine rings is 1. The van der Waals surface area contributed by atoms with Gasteiger partial charge < -0.3 is 15.3 Å². The maximum atomic E-state index is 12.0. The molecule has 1 saturated heterocycles. The summed E-state index contributed by atoms with van der Waals surface area (Å²) >= 11 is 0. The average molecular weight is 238 g/mol. The number of nitrogens with zero attached hydrogens (tertiary/aromatic N) is 3. The van der Waals surface area contributed by atoms with Crippen molar-refractivity contribution in [3.05, 3.63) is 22.7 Å². The van der Waals surface area contributed by atoms with Crippen molar-refractivity contribution in [2.45, 2.75) is 6.54 Å². The fourth-order valence-corrected chi connectivity index (χ4v) is 1.80. The molecule has 0 aromatic carbocycles. The maximum absolute atomic E-state index is 12.0. The van der Waals surface area contributed by atoms with E-state index in [4.69, 9.17) is 5.11 Å². The maximum Gasteiger partial charge on any atom is 0.323 e. The van der Waals surface area contributed by atoms with Gasteiger partial charge in [0, 0.05) is 38.6 Å². The van der Waals surface area contributed by atoms with Crippen LogP contribution in [0.15, 0.2) is 17.2 Å². The van der Waals surface area contributed by atoms with Crippen LogP contribution in [0.1, 0.15) is 0 Å². The molecule has 0 aliphatic carbocycles. The van der Waals surface area contributed by atoms with Gasteiger partial charge in [-0.25, -0.2) is 4.98 Å². The minimum Gasteiger partial charge on any atom is -0.480 e. The van der Waals surface area contributed by atoms with Crippen LogP contribution < -0.4 is 15.8 Å². The minimum absolute atomic E-state index is 0.329. The second kappa shape index (κ2) is 4.96. The minimum atomic E-state index is -1.04. The highest BCUT2D eigenvalue weighted by Gasteiger charge is 2.16. The lowest BCUT2D eigenvalue weighted by Crippen LogP contribution is -2.46. The molecule has 0 spiro atoms. The van der Waals surface area contributed by atoms with Crippen molar-refractivity contribution in [1.29, 1.82) is 0 Å². The Kier molecular flexibility index (Phi) is 3.38. The van der Waals surface area contributed by atoms with Crippen molar-refractivity contribution < 1.29 is 9.90 Å². The van der Waals surface area contributed by atoms with Gasteiger partial charge in [-0.05, 0) is 0 Å². The molecule has 1 aromatic heterocycles. The van der Waals surface area contributed by atoms with Gasteiger partial charge in [-0.15, -0.1) is 0 Å². The van der Waals surface area contributed by atoms with E-state index in [1.54, 1.807) is 0 Å². The summed E-state index contributed by atoms with van der Waals surface area (Å²) in [5, 5.41) is 11.9. The highest BCUT2D eigenvalue weighted by atomic mass is 16.4. The number of rotatable bonds is 3. The van der Waals surface area contributed by atoms with E-state index in [0.717, 1.165) is 17.7 Å². The number of carbonyl (C=O) groups is 1. The van der Waals surface area contributed by atoms with E-state index in [1.807, 2.05) is 4.90 Å². The first-order valence-electron chi connectivity index (χ1n) is 5.41. The summed E-state index contributed by atoms with van der Waals surface area (Å²) in [6.07, 6.45) is 2.85. The van der Waals surface area contributed by atoms with Crippen molar-refractivity contribution in [1.82, 2.24) is 14.9 Å².